The number of aliphatic hydroxyl groups excluding tert-OH is 1. The number of likely N-dealkylation sites (N-methyl/N-ethyl adjacent to an activating group) is 1. The van der Waals surface area contributed by atoms with Gasteiger partial charge in [-0.05, 0) is 208 Å². The van der Waals surface area contributed by atoms with Crippen LogP contribution in [0.15, 0.2) is 97.1 Å². The number of nitrogens with one attached hydrogen (secondary N) is 6. The Balaban J connectivity index is -0.0000000690. The maximum absolute atomic E-state index is 13.3. The molecule has 115 heavy (non-hydrogen) atoms. The minimum absolute atomic E-state index is 0. The summed E-state index contributed by atoms with van der Waals surface area (Å²) in [5.41, 5.74) is 13.8. The highest BCUT2D eigenvalue weighted by molar-refractivity contribution is 5.90. The van der Waals surface area contributed by atoms with Gasteiger partial charge in [-0.3, -0.25) is 38.4 Å². The Bertz CT molecular complexity index is 3720. The SMILES string of the molecule is C.C.C.CC.CC(=O)[C@]1(C)CC[C@H](C(=O)O)C1(C)C.CNc1ccc(CC(N)C(=O)OC)cc1.CNc1ccc(CC(NC)C(=O)O)cc1.CNc1ccc(C[C@H](NC(=O)[C@H]2CC[C@@](C)(C(=O)OC(C)(C)C)C2(C)C)C(=O)OC)cc1.CO.COC(=O)[C@H](Cc1ccc(N)cc1)NC(=O)[C@H]1CC[C@@](C)(C(=O)OC(C)(C)C)C1(C)C.Cl.[2H-].[2H-].[2H-].[2H-].[2H-].[2H-].[2H-].[2H-].[2H-].[2H-].[2H-].[2H-].[2H-].[2H-].[2H-]. The third kappa shape index (κ3) is 31.6. The number of esters is 5. The van der Waals surface area contributed by atoms with Gasteiger partial charge in [-0.1, -0.05) is 133 Å². The summed E-state index contributed by atoms with van der Waals surface area (Å²) in [5, 5.41) is 42.5. The predicted octanol–water partition coefficient (Wildman–Crippen LogP) is 15.4. The van der Waals surface area contributed by atoms with Gasteiger partial charge in [0.05, 0.1) is 38.1 Å². The number of carbonyl (C=O) groups excluding carboxylic acids is 8. The number of methoxy groups -OCH3 is 3. The molecule has 2 unspecified atom stereocenters. The van der Waals surface area contributed by atoms with Gasteiger partial charge in [-0.25, -0.2) is 9.59 Å². The van der Waals surface area contributed by atoms with Gasteiger partial charge >= 0.3 is 41.8 Å². The number of hydrogen-bond acceptors (Lipinski definition) is 22. The first-order valence-electron chi connectivity index (χ1n) is 37.8. The molecule has 684 valence electrons. The second kappa shape index (κ2) is 49.9. The van der Waals surface area contributed by atoms with Gasteiger partial charge < -0.3 is 104 Å². The van der Waals surface area contributed by atoms with Gasteiger partial charge in [0.2, 0.25) is 11.8 Å². The summed E-state index contributed by atoms with van der Waals surface area (Å²) in [6, 6.07) is 27.5. The van der Waals surface area contributed by atoms with E-state index in [1.807, 2.05) is 224 Å². The van der Waals surface area contributed by atoms with Gasteiger partial charge in [0, 0.05) is 81.1 Å². The van der Waals surface area contributed by atoms with Crippen LogP contribution >= 0.6 is 12.4 Å². The molecule has 3 aliphatic carbocycles. The van der Waals surface area contributed by atoms with E-state index in [0.717, 1.165) is 46.4 Å². The lowest BCUT2D eigenvalue weighted by Gasteiger charge is -2.40. The van der Waals surface area contributed by atoms with Crippen molar-refractivity contribution in [2.45, 2.75) is 246 Å². The summed E-state index contributed by atoms with van der Waals surface area (Å²) in [5.74, 6) is -5.26. The second-order valence-corrected chi connectivity index (χ2v) is 32.2. The number of carboxylic acids is 2. The topological polar surface area (TPSA) is 402 Å². The molecule has 3 fully saturated rings. The number of aliphatic hydroxyl groups is 1. The van der Waals surface area contributed by atoms with E-state index in [0.29, 0.717) is 63.5 Å². The summed E-state index contributed by atoms with van der Waals surface area (Å²) in [4.78, 5) is 122. The fourth-order valence-electron chi connectivity index (χ4n) is 13.8. The zero-order chi connectivity index (χ0) is 85.6. The Hall–Kier alpha value is -8.85. The van der Waals surface area contributed by atoms with Gasteiger partial charge in [-0.2, -0.15) is 0 Å². The number of amides is 2. The third-order valence-corrected chi connectivity index (χ3v) is 22.3. The standard InChI is InChI=1S/C25H38N2O5.C24H36N2O5.2C11H16N2O2.C11H18O3.C2H6.CH4O.3CH4.ClH.15H/c1-23(2,3)32-22(30)25(6)14-13-18(24(25,4)5)20(28)27-19(21(29)31-8)15-16-9-11-17(26-7)12-10-16;1-22(2,3)31-21(29)24(6)13-12-17(23(24,4)5)19(27)26-18(20(28)30-7)14-15-8-10-16(25)11-9-15;1-13-9-5-3-8(4-6-9)7-10(12)11(14)15-2;1-12-9-5-3-8(4-6-9)7-10(13-2)11(14)15;1-7(12)11(4)6-5-8(9(13)14)10(11,2)3;2*1-2;;;;;;;;;;;;;;;;;;;/h9-12,18-19,26H,13-15H2,1-8H3,(H,27,28);8-11,17-18H,12-14,25H2,1-7H3,(H,26,27);3-6,10,13H,7,12H2,1-2H3;3-6,10,12-13H,7H2,1-2H3,(H,14,15);8H,5-6H2,1-4H3,(H,13,14);1-2H3;2H,1H3;3*1H4;1H;;;;;;;;;;;;;;;/q;;;;;;;;;;;15*-1/t18-,19+,25+;17-,18+,24+;;;8-,11+;;;;;;;;;;;;;;;;;;;;;/m11..1...................../s1/i;;;;;;;;;;;15*1+1. The molecular formula is C88H162ClN8O18-15. The summed E-state index contributed by atoms with van der Waals surface area (Å²) in [7, 11) is 12.1. The first-order valence-corrected chi connectivity index (χ1v) is 37.8. The van der Waals surface area contributed by atoms with E-state index in [1.165, 1.54) is 21.3 Å². The van der Waals surface area contributed by atoms with Crippen molar-refractivity contribution < 1.29 is 108 Å². The first kappa shape index (κ1) is 112. The van der Waals surface area contributed by atoms with E-state index >= 15 is 0 Å². The molecule has 10 atom stereocenters. The van der Waals surface area contributed by atoms with E-state index in [1.54, 1.807) is 26.1 Å². The lowest BCUT2D eigenvalue weighted by Crippen LogP contribution is -2.51. The molecule has 0 radical (unpaired) electrons. The van der Waals surface area contributed by atoms with Crippen LogP contribution in [0.5, 0.6) is 0 Å². The lowest BCUT2D eigenvalue weighted by molar-refractivity contribution is -0.175. The van der Waals surface area contributed by atoms with Crippen molar-refractivity contribution in [1.29, 1.82) is 0 Å². The smallest absolute Gasteiger partial charge is 0.328 e. The van der Waals surface area contributed by atoms with Gasteiger partial charge in [0.25, 0.3) is 0 Å². The normalized spacial score (nSPS) is 20.4. The molecule has 0 saturated heterocycles. The van der Waals surface area contributed by atoms with Crippen LogP contribution in [0.2, 0.25) is 0 Å². The molecular weight excluding hydrogens is 1490 g/mol. The van der Waals surface area contributed by atoms with Crippen molar-refractivity contribution in [3.63, 3.8) is 0 Å². The number of Topliss-reactive ketones (excluding diaryl/α,β-unsaturated/α-hetero) is 1. The molecule has 0 spiro atoms. The third-order valence-electron chi connectivity index (χ3n) is 22.3. The van der Waals surface area contributed by atoms with Crippen LogP contribution in [0.25, 0.3) is 0 Å². The number of hydrogen-bond donors (Lipinski definition) is 11. The number of halogens is 1. The number of carboxylic acid groups (broad SMARTS) is 2. The lowest BCUT2D eigenvalue weighted by atomic mass is 9.64. The molecule has 0 aliphatic heterocycles. The molecule has 0 heterocycles. The van der Waals surface area contributed by atoms with Gasteiger partial charge in [-0.15, -0.1) is 12.4 Å². The van der Waals surface area contributed by atoms with E-state index in [9.17, 15) is 47.9 Å². The number of nitrogen functional groups attached to an aromatic ring is 1. The van der Waals surface area contributed by atoms with Gasteiger partial charge in [0.1, 0.15) is 41.2 Å². The molecule has 0 bridgehead atoms. The van der Waals surface area contributed by atoms with E-state index in [-0.39, 0.29) is 98.0 Å². The van der Waals surface area contributed by atoms with Crippen molar-refractivity contribution >= 4 is 94.5 Å². The van der Waals surface area contributed by atoms with Crippen molar-refractivity contribution in [1.82, 2.24) is 16.0 Å². The minimum Gasteiger partial charge on any atom is -1.00 e. The Morgan fingerprint density at radius 1 is 0.461 bits per heavy atom. The highest BCUT2D eigenvalue weighted by Gasteiger charge is 2.61. The number of benzene rings is 4. The summed E-state index contributed by atoms with van der Waals surface area (Å²) in [6.45, 7) is 33.7. The van der Waals surface area contributed by atoms with Crippen LogP contribution < -0.4 is 43.4 Å². The molecule has 7 rings (SSSR count). The molecule has 4 aromatic rings. The quantitative estimate of drug-likeness (QED) is 0.0176. The number of rotatable bonds is 24. The van der Waals surface area contributed by atoms with E-state index < -0.39 is 109 Å². The first-order chi connectivity index (χ1) is 51.5. The molecule has 4 aromatic carbocycles. The van der Waals surface area contributed by atoms with Crippen molar-refractivity contribution in [3.8, 4) is 0 Å². The number of anilines is 4. The number of ketones is 1. The number of nitrogens with two attached hydrogens (primary N) is 2. The Kier molecular flexibility index (Phi) is 48.8. The fourth-order valence-corrected chi connectivity index (χ4v) is 13.8. The Morgan fingerprint density at radius 2 is 0.730 bits per heavy atom. The maximum atomic E-state index is 13.3. The summed E-state index contributed by atoms with van der Waals surface area (Å²) in [6.07, 6.45) is 5.05. The molecule has 26 nitrogen and oxygen atoms in total. The largest absolute Gasteiger partial charge is 1.00 e. The average molecular weight is 1670 g/mol. The van der Waals surface area contributed by atoms with Crippen molar-refractivity contribution in [3.05, 3.63) is 119 Å². The monoisotopic (exact) mass is 1670 g/mol. The minimum atomic E-state index is -0.828. The Labute approximate surface area is 716 Å². The highest BCUT2D eigenvalue weighted by Crippen LogP contribution is 2.59. The molecule has 27 heteroatoms. The van der Waals surface area contributed by atoms with E-state index in [4.69, 9.17) is 45.7 Å². The number of aliphatic carboxylic acids is 2. The van der Waals surface area contributed by atoms with Crippen LogP contribution in [0.4, 0.5) is 22.7 Å². The highest BCUT2D eigenvalue weighted by atomic mass is 35.5. The van der Waals surface area contributed by atoms with Crippen LogP contribution in [0.3, 0.4) is 0 Å². The van der Waals surface area contributed by atoms with Crippen LogP contribution in [-0.2, 0) is 97.3 Å². The van der Waals surface area contributed by atoms with Crippen molar-refractivity contribution in [2.24, 2.45) is 56.0 Å². The number of ether oxygens (including phenoxy) is 5. The van der Waals surface area contributed by atoms with Gasteiger partial charge in [0.15, 0.2) is 0 Å². The predicted molar refractivity (Wildman–Crippen MR) is 479 cm³/mol. The molecule has 3 saturated carbocycles. The van der Waals surface area contributed by atoms with Crippen LogP contribution in [0.1, 0.15) is 229 Å². The second-order valence-electron chi connectivity index (χ2n) is 32.2. The average Bonchev–Trinajstić information content (AvgIpc) is 1.59. The fraction of sp³-hybridized carbons (Fsp3) is 0.614. The molecule has 3 aliphatic rings. The molecule has 0 aromatic heterocycles. The zero-order valence-electron chi connectivity index (χ0n) is 86.4. The maximum Gasteiger partial charge on any atom is 0.328 e. The van der Waals surface area contributed by atoms with Crippen LogP contribution in [0, 0.1) is 50.2 Å². The van der Waals surface area contributed by atoms with Crippen LogP contribution in [-0.4, -0.2) is 167 Å². The Morgan fingerprint density at radius 3 is 0.974 bits per heavy atom. The molecule has 2 amide bonds. The van der Waals surface area contributed by atoms with E-state index in [2.05, 4.69) is 36.6 Å². The zero-order valence-corrected chi connectivity index (χ0v) is 72.2. The van der Waals surface area contributed by atoms with Crippen molar-refractivity contribution in [2.75, 3.05) is 78.3 Å². The number of carbonyl (C=O) groups is 10. The molecule has 13 N–H and O–H groups in total. The summed E-state index contributed by atoms with van der Waals surface area (Å²) < 4.78 is 25.7. The summed E-state index contributed by atoms with van der Waals surface area (Å²) >= 11 is 0.